The molecule has 0 aromatic heterocycles. The zero-order valence-corrected chi connectivity index (χ0v) is 8.47. The summed E-state index contributed by atoms with van der Waals surface area (Å²) in [5, 5.41) is 10.8. The SMILES string of the molecule is NC(=O)c1ccccc1OC(=O)NCCO. The minimum absolute atomic E-state index is 0.0809. The van der Waals surface area contributed by atoms with Gasteiger partial charge in [-0.1, -0.05) is 12.1 Å². The summed E-state index contributed by atoms with van der Waals surface area (Å²) in [6.45, 7) is -0.107. The molecule has 0 atom stereocenters. The smallest absolute Gasteiger partial charge is 0.409 e. The topological polar surface area (TPSA) is 102 Å². The van der Waals surface area contributed by atoms with Gasteiger partial charge in [-0.15, -0.1) is 0 Å². The summed E-state index contributed by atoms with van der Waals surface area (Å²) in [5.41, 5.74) is 5.23. The molecule has 4 N–H and O–H groups in total. The Morgan fingerprint density at radius 1 is 1.38 bits per heavy atom. The molecule has 86 valence electrons. The lowest BCUT2D eigenvalue weighted by Gasteiger charge is -2.07. The predicted molar refractivity (Wildman–Crippen MR) is 56.1 cm³/mol. The van der Waals surface area contributed by atoms with E-state index in [9.17, 15) is 9.59 Å². The molecule has 0 saturated heterocycles. The third-order valence-corrected chi connectivity index (χ3v) is 1.74. The van der Waals surface area contributed by atoms with E-state index in [0.29, 0.717) is 0 Å². The molecule has 6 heteroatoms. The van der Waals surface area contributed by atoms with Crippen LogP contribution in [0.5, 0.6) is 5.75 Å². The fraction of sp³-hybridized carbons (Fsp3) is 0.200. The van der Waals surface area contributed by atoms with Crippen LogP contribution in [0.2, 0.25) is 0 Å². The Balaban J connectivity index is 2.73. The number of para-hydroxylation sites is 1. The third kappa shape index (κ3) is 3.25. The Kier molecular flexibility index (Phi) is 4.28. The molecule has 0 unspecified atom stereocenters. The highest BCUT2D eigenvalue weighted by molar-refractivity contribution is 5.96. The Morgan fingerprint density at radius 2 is 2.06 bits per heavy atom. The van der Waals surface area contributed by atoms with Crippen LogP contribution in [0.25, 0.3) is 0 Å². The normalized spacial score (nSPS) is 9.56. The number of primary amides is 1. The Hall–Kier alpha value is -2.08. The largest absolute Gasteiger partial charge is 0.412 e. The van der Waals surface area contributed by atoms with Gasteiger partial charge in [0, 0.05) is 6.54 Å². The van der Waals surface area contributed by atoms with E-state index in [4.69, 9.17) is 15.6 Å². The first-order valence-corrected chi connectivity index (χ1v) is 4.60. The molecule has 1 rings (SSSR count). The van der Waals surface area contributed by atoms with Crippen LogP contribution in [-0.2, 0) is 0 Å². The molecule has 0 saturated carbocycles. The highest BCUT2D eigenvalue weighted by atomic mass is 16.6. The van der Waals surface area contributed by atoms with Crippen LogP contribution in [0.1, 0.15) is 10.4 Å². The van der Waals surface area contributed by atoms with Crippen molar-refractivity contribution >= 4 is 12.0 Å². The number of rotatable bonds is 4. The molecule has 0 aliphatic rings. The summed E-state index contributed by atoms with van der Waals surface area (Å²) >= 11 is 0. The molecule has 6 nitrogen and oxygen atoms in total. The highest BCUT2D eigenvalue weighted by Gasteiger charge is 2.11. The van der Waals surface area contributed by atoms with E-state index in [1.165, 1.54) is 12.1 Å². The van der Waals surface area contributed by atoms with E-state index < -0.39 is 12.0 Å². The fourth-order valence-corrected chi connectivity index (χ4v) is 1.05. The van der Waals surface area contributed by atoms with Gasteiger partial charge in [0.25, 0.3) is 5.91 Å². The van der Waals surface area contributed by atoms with Gasteiger partial charge in [0.2, 0.25) is 0 Å². The average molecular weight is 224 g/mol. The van der Waals surface area contributed by atoms with Crippen molar-refractivity contribution in [3.63, 3.8) is 0 Å². The maximum Gasteiger partial charge on any atom is 0.412 e. The van der Waals surface area contributed by atoms with Crippen molar-refractivity contribution in [2.24, 2.45) is 5.73 Å². The molecule has 0 aliphatic carbocycles. The van der Waals surface area contributed by atoms with Gasteiger partial charge in [-0.05, 0) is 12.1 Å². The molecule has 1 aromatic carbocycles. The van der Waals surface area contributed by atoms with Crippen molar-refractivity contribution in [1.29, 1.82) is 0 Å². The minimum Gasteiger partial charge on any atom is -0.409 e. The number of aliphatic hydroxyl groups excluding tert-OH is 1. The highest BCUT2D eigenvalue weighted by Crippen LogP contribution is 2.16. The monoisotopic (exact) mass is 224 g/mol. The summed E-state index contributed by atoms with van der Waals surface area (Å²) in [5.74, 6) is -0.587. The van der Waals surface area contributed by atoms with Crippen molar-refractivity contribution in [3.8, 4) is 5.75 Å². The second-order valence-electron chi connectivity index (χ2n) is 2.90. The number of hydrogen-bond acceptors (Lipinski definition) is 4. The third-order valence-electron chi connectivity index (χ3n) is 1.74. The Labute approximate surface area is 92.0 Å². The fourth-order valence-electron chi connectivity index (χ4n) is 1.05. The van der Waals surface area contributed by atoms with Gasteiger partial charge >= 0.3 is 6.09 Å². The number of benzene rings is 1. The lowest BCUT2D eigenvalue weighted by atomic mass is 10.2. The second kappa shape index (κ2) is 5.72. The van der Waals surface area contributed by atoms with Gasteiger partial charge in [-0.25, -0.2) is 4.79 Å². The van der Waals surface area contributed by atoms with E-state index in [2.05, 4.69) is 5.32 Å². The first kappa shape index (κ1) is 12.0. The van der Waals surface area contributed by atoms with Crippen molar-refractivity contribution in [1.82, 2.24) is 5.32 Å². The first-order valence-electron chi connectivity index (χ1n) is 4.60. The lowest BCUT2D eigenvalue weighted by molar-refractivity contribution is 0.0998. The summed E-state index contributed by atoms with van der Waals surface area (Å²) in [6.07, 6.45) is -0.747. The maximum absolute atomic E-state index is 11.1. The standard InChI is InChI=1S/C10H12N2O4/c11-9(14)7-3-1-2-4-8(7)16-10(15)12-5-6-13/h1-4,13H,5-6H2,(H2,11,14)(H,12,15). The molecule has 1 aromatic rings. The van der Waals surface area contributed by atoms with Crippen LogP contribution in [0, 0.1) is 0 Å². The molecule has 2 amide bonds. The number of nitrogens with one attached hydrogen (secondary N) is 1. The minimum atomic E-state index is -0.747. The maximum atomic E-state index is 11.1. The van der Waals surface area contributed by atoms with E-state index in [1.807, 2.05) is 0 Å². The summed E-state index contributed by atoms with van der Waals surface area (Å²) in [7, 11) is 0. The zero-order valence-electron chi connectivity index (χ0n) is 8.47. The Morgan fingerprint density at radius 3 is 2.69 bits per heavy atom. The van der Waals surface area contributed by atoms with Crippen LogP contribution >= 0.6 is 0 Å². The molecular formula is C10H12N2O4. The summed E-state index contributed by atoms with van der Waals surface area (Å²) in [6, 6.07) is 6.13. The second-order valence-corrected chi connectivity index (χ2v) is 2.90. The van der Waals surface area contributed by atoms with Gasteiger partial charge in [-0.3, -0.25) is 4.79 Å². The van der Waals surface area contributed by atoms with Crippen molar-refractivity contribution < 1.29 is 19.4 Å². The van der Waals surface area contributed by atoms with Crippen molar-refractivity contribution in [2.75, 3.05) is 13.2 Å². The van der Waals surface area contributed by atoms with Crippen LogP contribution in [0.3, 0.4) is 0 Å². The zero-order chi connectivity index (χ0) is 12.0. The van der Waals surface area contributed by atoms with Gasteiger partial charge in [0.15, 0.2) is 0 Å². The number of carbonyl (C=O) groups is 2. The van der Waals surface area contributed by atoms with E-state index in [0.717, 1.165) is 0 Å². The predicted octanol–water partition coefficient (Wildman–Crippen LogP) is -0.134. The van der Waals surface area contributed by atoms with Gasteiger partial charge in [0.1, 0.15) is 5.75 Å². The van der Waals surface area contributed by atoms with Crippen LogP contribution in [0.4, 0.5) is 4.79 Å². The summed E-state index contributed by atoms with van der Waals surface area (Å²) < 4.78 is 4.85. The summed E-state index contributed by atoms with van der Waals surface area (Å²) in [4.78, 5) is 22.1. The molecule has 0 fully saturated rings. The molecule has 0 radical (unpaired) electrons. The lowest BCUT2D eigenvalue weighted by Crippen LogP contribution is -2.30. The number of aliphatic hydroxyl groups is 1. The number of amides is 2. The van der Waals surface area contributed by atoms with Crippen LogP contribution in [-0.4, -0.2) is 30.3 Å². The number of ether oxygens (including phenoxy) is 1. The van der Waals surface area contributed by atoms with Gasteiger partial charge < -0.3 is 20.9 Å². The Bertz CT molecular complexity index is 392. The first-order chi connectivity index (χ1) is 7.65. The quantitative estimate of drug-likeness (QED) is 0.662. The van der Waals surface area contributed by atoms with Crippen LogP contribution in [0.15, 0.2) is 24.3 Å². The van der Waals surface area contributed by atoms with E-state index >= 15 is 0 Å². The number of carbonyl (C=O) groups excluding carboxylic acids is 2. The van der Waals surface area contributed by atoms with Crippen molar-refractivity contribution in [2.45, 2.75) is 0 Å². The number of hydrogen-bond donors (Lipinski definition) is 3. The van der Waals surface area contributed by atoms with Crippen molar-refractivity contribution in [3.05, 3.63) is 29.8 Å². The number of nitrogens with two attached hydrogens (primary N) is 1. The van der Waals surface area contributed by atoms with Gasteiger partial charge in [0.05, 0.1) is 12.2 Å². The molecule has 0 bridgehead atoms. The molecular weight excluding hydrogens is 212 g/mol. The van der Waals surface area contributed by atoms with Crippen LogP contribution < -0.4 is 15.8 Å². The molecule has 0 heterocycles. The van der Waals surface area contributed by atoms with Gasteiger partial charge in [-0.2, -0.15) is 0 Å². The average Bonchev–Trinajstić information content (AvgIpc) is 2.27. The van der Waals surface area contributed by atoms with E-state index in [-0.39, 0.29) is 24.5 Å². The molecule has 0 aliphatic heterocycles. The van der Waals surface area contributed by atoms with E-state index in [1.54, 1.807) is 12.1 Å². The molecule has 16 heavy (non-hydrogen) atoms. The molecule has 0 spiro atoms.